The Labute approximate surface area is 104 Å². The van der Waals surface area contributed by atoms with Crippen molar-refractivity contribution in [3.05, 3.63) is 11.5 Å². The van der Waals surface area contributed by atoms with Crippen LogP contribution in [0.4, 0.5) is 18.3 Å². The highest BCUT2D eigenvalue weighted by Gasteiger charge is 2.28. The van der Waals surface area contributed by atoms with Crippen molar-refractivity contribution in [2.24, 2.45) is 0 Å². The van der Waals surface area contributed by atoms with Gasteiger partial charge < -0.3 is 10.3 Å². The van der Waals surface area contributed by atoms with E-state index in [2.05, 4.69) is 15.1 Å². The standard InChI is InChI=1S/C9H9F3N4OS/c1-4-6(18-8(13)14-4)7-15-5(16-17-7)2-3-9(10,11)12/h2-3H2,1H3,(H2,13,14). The number of hydrogen-bond acceptors (Lipinski definition) is 6. The molecular weight excluding hydrogens is 269 g/mol. The highest BCUT2D eigenvalue weighted by molar-refractivity contribution is 7.18. The molecule has 0 saturated heterocycles. The van der Waals surface area contributed by atoms with Crippen LogP contribution in [-0.2, 0) is 6.42 Å². The fraction of sp³-hybridized carbons (Fsp3) is 0.444. The van der Waals surface area contributed by atoms with Gasteiger partial charge in [0.1, 0.15) is 4.88 Å². The van der Waals surface area contributed by atoms with Crippen molar-refractivity contribution in [2.75, 3.05) is 5.73 Å². The summed E-state index contributed by atoms with van der Waals surface area (Å²) in [4.78, 5) is 8.45. The molecule has 0 unspecified atom stereocenters. The van der Waals surface area contributed by atoms with Gasteiger partial charge in [0.2, 0.25) is 0 Å². The van der Waals surface area contributed by atoms with Gasteiger partial charge >= 0.3 is 6.18 Å². The Hall–Kier alpha value is -1.64. The minimum absolute atomic E-state index is 0.0219. The lowest BCUT2D eigenvalue weighted by atomic mass is 10.3. The predicted molar refractivity (Wildman–Crippen MR) is 58.9 cm³/mol. The second-order valence-corrected chi connectivity index (χ2v) is 4.63. The molecular formula is C9H9F3N4OS. The molecule has 2 rings (SSSR count). The van der Waals surface area contributed by atoms with E-state index in [4.69, 9.17) is 10.3 Å². The summed E-state index contributed by atoms with van der Waals surface area (Å²) in [5, 5.41) is 3.84. The topological polar surface area (TPSA) is 77.8 Å². The quantitative estimate of drug-likeness (QED) is 0.933. The summed E-state index contributed by atoms with van der Waals surface area (Å²) >= 11 is 1.15. The summed E-state index contributed by atoms with van der Waals surface area (Å²) in [7, 11) is 0. The van der Waals surface area contributed by atoms with Crippen LogP contribution in [0.15, 0.2) is 4.52 Å². The summed E-state index contributed by atoms with van der Waals surface area (Å²) in [6, 6.07) is 0. The van der Waals surface area contributed by atoms with Gasteiger partial charge in [-0.25, -0.2) is 4.98 Å². The Balaban J connectivity index is 2.13. The van der Waals surface area contributed by atoms with E-state index in [1.807, 2.05) is 0 Å². The summed E-state index contributed by atoms with van der Waals surface area (Å²) in [6.07, 6.45) is -5.51. The maximum absolute atomic E-state index is 12.0. The number of nitrogens with zero attached hydrogens (tertiary/aromatic N) is 3. The molecule has 0 bridgehead atoms. The summed E-state index contributed by atoms with van der Waals surface area (Å²) in [6.45, 7) is 1.71. The first-order chi connectivity index (χ1) is 8.35. The van der Waals surface area contributed by atoms with E-state index in [-0.39, 0.29) is 18.1 Å². The number of aromatic nitrogens is 3. The van der Waals surface area contributed by atoms with E-state index in [0.29, 0.717) is 15.7 Å². The summed E-state index contributed by atoms with van der Waals surface area (Å²) < 4.78 is 41.0. The molecule has 0 saturated carbocycles. The average molecular weight is 278 g/mol. The Bertz CT molecular complexity index is 548. The first-order valence-electron chi connectivity index (χ1n) is 4.98. The largest absolute Gasteiger partial charge is 0.389 e. The molecule has 0 fully saturated rings. The molecule has 0 aromatic carbocycles. The molecule has 0 atom stereocenters. The average Bonchev–Trinajstić information content (AvgIpc) is 2.81. The van der Waals surface area contributed by atoms with E-state index in [9.17, 15) is 13.2 Å². The Morgan fingerprint density at radius 1 is 1.33 bits per heavy atom. The molecule has 9 heteroatoms. The number of rotatable bonds is 3. The number of aryl methyl sites for hydroxylation is 2. The lowest BCUT2D eigenvalue weighted by molar-refractivity contribution is -0.134. The normalized spacial score (nSPS) is 12.0. The molecule has 98 valence electrons. The number of thiazole rings is 1. The molecule has 2 aromatic rings. The molecule has 0 spiro atoms. The molecule has 2 heterocycles. The van der Waals surface area contributed by atoms with Gasteiger partial charge in [-0.15, -0.1) is 0 Å². The van der Waals surface area contributed by atoms with Crippen LogP contribution < -0.4 is 5.73 Å². The van der Waals surface area contributed by atoms with Crippen molar-refractivity contribution in [1.29, 1.82) is 0 Å². The smallest absolute Gasteiger partial charge is 0.375 e. The zero-order valence-electron chi connectivity index (χ0n) is 9.28. The first kappa shape index (κ1) is 12.8. The SMILES string of the molecule is Cc1nc(N)sc1-c1nc(CCC(F)(F)F)no1. The van der Waals surface area contributed by atoms with Gasteiger partial charge in [-0.05, 0) is 6.92 Å². The van der Waals surface area contributed by atoms with Crippen LogP contribution in [0.1, 0.15) is 17.9 Å². The number of anilines is 1. The van der Waals surface area contributed by atoms with E-state index >= 15 is 0 Å². The van der Waals surface area contributed by atoms with E-state index in [1.165, 1.54) is 0 Å². The van der Waals surface area contributed by atoms with E-state index < -0.39 is 12.6 Å². The Kier molecular flexibility index (Phi) is 3.24. The zero-order chi connectivity index (χ0) is 13.3. The van der Waals surface area contributed by atoms with Crippen LogP contribution in [0.2, 0.25) is 0 Å². The van der Waals surface area contributed by atoms with E-state index in [0.717, 1.165) is 11.3 Å². The third kappa shape index (κ3) is 2.97. The van der Waals surface area contributed by atoms with Crippen molar-refractivity contribution in [3.63, 3.8) is 0 Å². The van der Waals surface area contributed by atoms with Crippen LogP contribution in [0, 0.1) is 6.92 Å². The maximum atomic E-state index is 12.0. The second-order valence-electron chi connectivity index (χ2n) is 3.60. The van der Waals surface area contributed by atoms with E-state index in [1.54, 1.807) is 6.92 Å². The number of halogens is 3. The molecule has 0 amide bonds. The fourth-order valence-electron chi connectivity index (χ4n) is 1.32. The van der Waals surface area contributed by atoms with Crippen LogP contribution in [0.5, 0.6) is 0 Å². The summed E-state index contributed by atoms with van der Waals surface area (Å²) in [5.41, 5.74) is 6.12. The van der Waals surface area contributed by atoms with Crippen molar-refractivity contribution >= 4 is 16.5 Å². The third-order valence-electron chi connectivity index (χ3n) is 2.11. The Morgan fingerprint density at radius 3 is 2.61 bits per heavy atom. The van der Waals surface area contributed by atoms with Crippen LogP contribution in [0.3, 0.4) is 0 Å². The zero-order valence-corrected chi connectivity index (χ0v) is 10.1. The lowest BCUT2D eigenvalue weighted by Crippen LogP contribution is -2.09. The first-order valence-corrected chi connectivity index (χ1v) is 5.79. The van der Waals surface area contributed by atoms with Crippen LogP contribution >= 0.6 is 11.3 Å². The molecule has 2 aromatic heterocycles. The molecule has 0 aliphatic carbocycles. The molecule has 2 N–H and O–H groups in total. The second kappa shape index (κ2) is 4.56. The van der Waals surface area contributed by atoms with Crippen molar-refractivity contribution in [2.45, 2.75) is 25.9 Å². The molecule has 18 heavy (non-hydrogen) atoms. The van der Waals surface area contributed by atoms with Crippen LogP contribution in [0.25, 0.3) is 10.8 Å². The number of nitrogens with two attached hydrogens (primary N) is 1. The van der Waals surface area contributed by atoms with Gasteiger partial charge in [0.15, 0.2) is 11.0 Å². The van der Waals surface area contributed by atoms with Gasteiger partial charge in [0.05, 0.1) is 12.1 Å². The minimum atomic E-state index is -4.23. The van der Waals surface area contributed by atoms with Gasteiger partial charge in [-0.3, -0.25) is 0 Å². The highest BCUT2D eigenvalue weighted by Crippen LogP contribution is 2.30. The lowest BCUT2D eigenvalue weighted by Gasteiger charge is -2.01. The number of hydrogen-bond donors (Lipinski definition) is 1. The molecule has 0 aliphatic heterocycles. The van der Waals surface area contributed by atoms with Gasteiger partial charge in [0.25, 0.3) is 5.89 Å². The number of nitrogen functional groups attached to an aromatic ring is 1. The van der Waals surface area contributed by atoms with Gasteiger partial charge in [-0.2, -0.15) is 18.2 Å². The fourth-order valence-corrected chi connectivity index (χ4v) is 2.07. The monoisotopic (exact) mass is 278 g/mol. The number of alkyl halides is 3. The summed E-state index contributed by atoms with van der Waals surface area (Å²) in [5.74, 6) is 0.174. The van der Waals surface area contributed by atoms with Gasteiger partial charge in [0, 0.05) is 6.42 Å². The molecule has 0 aliphatic rings. The van der Waals surface area contributed by atoms with Crippen molar-refractivity contribution in [1.82, 2.24) is 15.1 Å². The van der Waals surface area contributed by atoms with Gasteiger partial charge in [-0.1, -0.05) is 16.5 Å². The minimum Gasteiger partial charge on any atom is -0.375 e. The van der Waals surface area contributed by atoms with Crippen LogP contribution in [-0.4, -0.2) is 21.3 Å². The predicted octanol–water partition coefficient (Wildman–Crippen LogP) is 2.58. The third-order valence-corrected chi connectivity index (χ3v) is 3.08. The van der Waals surface area contributed by atoms with Crippen molar-refractivity contribution < 1.29 is 17.7 Å². The molecule has 5 nitrogen and oxygen atoms in total. The maximum Gasteiger partial charge on any atom is 0.389 e. The Morgan fingerprint density at radius 2 is 2.06 bits per heavy atom. The molecule has 0 radical (unpaired) electrons. The van der Waals surface area contributed by atoms with Crippen molar-refractivity contribution in [3.8, 4) is 10.8 Å². The highest BCUT2D eigenvalue weighted by atomic mass is 32.1.